The number of hydrogen-bond donors (Lipinski definition) is 2. The summed E-state index contributed by atoms with van der Waals surface area (Å²) in [5.74, 6) is 1.16. The Balaban J connectivity index is 1.40. The molecule has 2 N–H and O–H groups in total. The zero-order chi connectivity index (χ0) is 21.5. The van der Waals surface area contributed by atoms with Crippen molar-refractivity contribution in [1.82, 2.24) is 10.2 Å². The highest BCUT2D eigenvalue weighted by atomic mass is 16.6. The quantitative estimate of drug-likeness (QED) is 0.746. The number of amides is 2. The summed E-state index contributed by atoms with van der Waals surface area (Å²) in [6, 6.07) is 5.75. The topological polar surface area (TPSA) is 95.9 Å². The van der Waals surface area contributed by atoms with Gasteiger partial charge in [0.2, 0.25) is 5.91 Å². The van der Waals surface area contributed by atoms with Gasteiger partial charge in [0.05, 0.1) is 0 Å². The standard InChI is InChI=1S/C23H30N2O5/c1-25(2)22(29)30-18-5-3-14(4-6-18)10-19(20(26)27)24-21(28)23-11-15-7-16(12-23)9-17(8-15)13-23/h3-6,15-17,19H,7-13H2,1-2H3,(H,24,28)(H,26,27)/t15?,16?,17?,19-,23?/m0/s1. The fourth-order valence-corrected chi connectivity index (χ4v) is 6.02. The minimum absolute atomic E-state index is 0.0782. The Morgan fingerprint density at radius 3 is 2.07 bits per heavy atom. The first-order valence-corrected chi connectivity index (χ1v) is 10.8. The number of aliphatic carboxylic acids is 1. The number of nitrogens with one attached hydrogen (secondary N) is 1. The van der Waals surface area contributed by atoms with Crippen LogP contribution in [0, 0.1) is 23.2 Å². The van der Waals surface area contributed by atoms with Gasteiger partial charge in [-0.05, 0) is 74.0 Å². The summed E-state index contributed by atoms with van der Waals surface area (Å²) < 4.78 is 5.19. The van der Waals surface area contributed by atoms with Gasteiger partial charge in [0.15, 0.2) is 0 Å². The Morgan fingerprint density at radius 2 is 1.60 bits per heavy atom. The predicted molar refractivity (Wildman–Crippen MR) is 110 cm³/mol. The van der Waals surface area contributed by atoms with Crippen molar-refractivity contribution in [1.29, 1.82) is 0 Å². The third-order valence-electron chi connectivity index (χ3n) is 7.06. The molecule has 0 aromatic heterocycles. The van der Waals surface area contributed by atoms with Gasteiger partial charge in [-0.1, -0.05) is 12.1 Å². The second-order valence-electron chi connectivity index (χ2n) is 9.67. The molecule has 0 spiro atoms. The molecule has 1 aromatic rings. The normalized spacial score (nSPS) is 29.9. The van der Waals surface area contributed by atoms with Gasteiger partial charge in [-0.2, -0.15) is 0 Å². The molecule has 4 bridgehead atoms. The molecule has 4 aliphatic carbocycles. The van der Waals surface area contributed by atoms with Gasteiger partial charge in [-0.15, -0.1) is 0 Å². The fraction of sp³-hybridized carbons (Fsp3) is 0.609. The number of benzene rings is 1. The number of carbonyl (C=O) groups is 3. The van der Waals surface area contributed by atoms with Crippen molar-refractivity contribution in [2.24, 2.45) is 23.2 Å². The lowest BCUT2D eigenvalue weighted by atomic mass is 9.49. The van der Waals surface area contributed by atoms with E-state index in [4.69, 9.17) is 4.74 Å². The highest BCUT2D eigenvalue weighted by molar-refractivity contribution is 5.88. The lowest BCUT2D eigenvalue weighted by Crippen LogP contribution is -2.56. The molecule has 1 atom stereocenters. The van der Waals surface area contributed by atoms with Crippen molar-refractivity contribution in [2.45, 2.75) is 51.0 Å². The van der Waals surface area contributed by atoms with Crippen LogP contribution in [-0.4, -0.2) is 48.1 Å². The van der Waals surface area contributed by atoms with Crippen molar-refractivity contribution >= 4 is 18.0 Å². The lowest BCUT2D eigenvalue weighted by molar-refractivity contribution is -0.151. The van der Waals surface area contributed by atoms with Crippen LogP contribution in [0.25, 0.3) is 0 Å². The van der Waals surface area contributed by atoms with Gasteiger partial charge in [0, 0.05) is 25.9 Å². The molecule has 0 unspecified atom stereocenters. The molecule has 0 radical (unpaired) electrons. The summed E-state index contributed by atoms with van der Waals surface area (Å²) in [6.07, 6.45) is 6.14. The number of nitrogens with zero attached hydrogens (tertiary/aromatic N) is 1. The molecular formula is C23H30N2O5. The maximum atomic E-state index is 13.2. The number of carboxylic acid groups (broad SMARTS) is 1. The summed E-state index contributed by atoms with van der Waals surface area (Å²) in [4.78, 5) is 38.0. The van der Waals surface area contributed by atoms with Crippen molar-refractivity contribution in [3.05, 3.63) is 29.8 Å². The van der Waals surface area contributed by atoms with E-state index in [9.17, 15) is 19.5 Å². The number of carboxylic acids is 1. The van der Waals surface area contributed by atoms with Crippen LogP contribution in [0.1, 0.15) is 44.1 Å². The van der Waals surface area contributed by atoms with Crippen LogP contribution in [0.2, 0.25) is 0 Å². The van der Waals surface area contributed by atoms with E-state index in [0.717, 1.165) is 24.8 Å². The van der Waals surface area contributed by atoms with Gasteiger partial charge in [-0.3, -0.25) is 4.79 Å². The number of carbonyl (C=O) groups excluding carboxylic acids is 2. The number of ether oxygens (including phenoxy) is 1. The first-order valence-electron chi connectivity index (χ1n) is 10.8. The maximum absolute atomic E-state index is 13.2. The van der Waals surface area contributed by atoms with Crippen molar-refractivity contribution in [3.63, 3.8) is 0 Å². The summed E-state index contributed by atoms with van der Waals surface area (Å²) in [5.41, 5.74) is 0.394. The summed E-state index contributed by atoms with van der Waals surface area (Å²) in [7, 11) is 3.20. The minimum Gasteiger partial charge on any atom is -0.480 e. The van der Waals surface area contributed by atoms with E-state index in [1.54, 1.807) is 38.4 Å². The van der Waals surface area contributed by atoms with E-state index >= 15 is 0 Å². The SMILES string of the molecule is CN(C)C(=O)Oc1ccc(C[C@H](NC(=O)C23CC4CC(CC(C4)C2)C3)C(=O)O)cc1. The number of rotatable bonds is 6. The van der Waals surface area contributed by atoms with Crippen molar-refractivity contribution in [3.8, 4) is 5.75 Å². The zero-order valence-corrected chi connectivity index (χ0v) is 17.6. The fourth-order valence-electron chi connectivity index (χ4n) is 6.02. The van der Waals surface area contributed by atoms with Crippen LogP contribution in [0.4, 0.5) is 4.79 Å². The molecule has 2 amide bonds. The molecule has 4 aliphatic rings. The second-order valence-corrected chi connectivity index (χ2v) is 9.67. The second kappa shape index (κ2) is 7.93. The molecule has 4 fully saturated rings. The average molecular weight is 415 g/mol. The van der Waals surface area contributed by atoms with E-state index in [1.807, 2.05) is 0 Å². The molecule has 0 saturated heterocycles. The highest BCUT2D eigenvalue weighted by Gasteiger charge is 2.54. The molecule has 162 valence electrons. The first kappa shape index (κ1) is 20.7. The Morgan fingerprint density at radius 1 is 1.07 bits per heavy atom. The molecule has 4 saturated carbocycles. The first-order chi connectivity index (χ1) is 14.2. The van der Waals surface area contributed by atoms with E-state index in [-0.39, 0.29) is 17.7 Å². The average Bonchev–Trinajstić information content (AvgIpc) is 2.67. The van der Waals surface area contributed by atoms with E-state index in [2.05, 4.69) is 5.32 Å². The van der Waals surface area contributed by atoms with Crippen molar-refractivity contribution in [2.75, 3.05) is 14.1 Å². The van der Waals surface area contributed by atoms with Gasteiger partial charge in [0.25, 0.3) is 0 Å². The molecule has 0 aliphatic heterocycles. The smallest absolute Gasteiger partial charge is 0.414 e. The Hall–Kier alpha value is -2.57. The molecule has 7 nitrogen and oxygen atoms in total. The van der Waals surface area contributed by atoms with Crippen LogP contribution < -0.4 is 10.1 Å². The van der Waals surface area contributed by atoms with Crippen LogP contribution in [0.5, 0.6) is 5.75 Å². The van der Waals surface area contributed by atoms with Crippen LogP contribution in [-0.2, 0) is 16.0 Å². The molecule has 7 heteroatoms. The van der Waals surface area contributed by atoms with E-state index < -0.39 is 18.1 Å². The van der Waals surface area contributed by atoms with Crippen LogP contribution >= 0.6 is 0 Å². The third kappa shape index (κ3) is 4.16. The highest BCUT2D eigenvalue weighted by Crippen LogP contribution is 2.60. The molecule has 1 aromatic carbocycles. The van der Waals surface area contributed by atoms with E-state index in [1.165, 1.54) is 24.2 Å². The third-order valence-corrected chi connectivity index (χ3v) is 7.06. The molecular weight excluding hydrogens is 384 g/mol. The maximum Gasteiger partial charge on any atom is 0.414 e. The Labute approximate surface area is 176 Å². The minimum atomic E-state index is -1.03. The monoisotopic (exact) mass is 414 g/mol. The largest absolute Gasteiger partial charge is 0.480 e. The summed E-state index contributed by atoms with van der Waals surface area (Å²) in [6.45, 7) is 0. The number of hydrogen-bond acceptors (Lipinski definition) is 4. The van der Waals surface area contributed by atoms with Gasteiger partial charge >= 0.3 is 12.1 Å². The van der Waals surface area contributed by atoms with Gasteiger partial charge in [-0.25, -0.2) is 9.59 Å². The predicted octanol–water partition coefficient (Wildman–Crippen LogP) is 3.08. The van der Waals surface area contributed by atoms with Gasteiger partial charge < -0.3 is 20.1 Å². The molecule has 0 heterocycles. The molecule has 5 rings (SSSR count). The van der Waals surface area contributed by atoms with E-state index in [0.29, 0.717) is 23.5 Å². The Kier molecular flexibility index (Phi) is 5.47. The lowest BCUT2D eigenvalue weighted by Gasteiger charge is -2.55. The summed E-state index contributed by atoms with van der Waals surface area (Å²) in [5, 5.41) is 12.6. The zero-order valence-electron chi connectivity index (χ0n) is 17.6. The Bertz CT molecular complexity index is 797. The summed E-state index contributed by atoms with van der Waals surface area (Å²) >= 11 is 0. The molecule has 30 heavy (non-hydrogen) atoms. The van der Waals surface area contributed by atoms with Crippen LogP contribution in [0.3, 0.4) is 0 Å². The van der Waals surface area contributed by atoms with Crippen LogP contribution in [0.15, 0.2) is 24.3 Å². The van der Waals surface area contributed by atoms with Gasteiger partial charge in [0.1, 0.15) is 11.8 Å². The van der Waals surface area contributed by atoms with Crippen molar-refractivity contribution < 1.29 is 24.2 Å².